The molecule has 0 spiro atoms. The van der Waals surface area contributed by atoms with Crippen LogP contribution in [0.25, 0.3) is 0 Å². The second-order valence-corrected chi connectivity index (χ2v) is 4.25. The normalized spacial score (nSPS) is 11.0. The van der Waals surface area contributed by atoms with Gasteiger partial charge in [0, 0.05) is 5.56 Å². The van der Waals surface area contributed by atoms with Crippen LogP contribution in [0.5, 0.6) is 0 Å². The maximum Gasteiger partial charge on any atom is 0.0724 e. The highest BCUT2D eigenvalue weighted by Gasteiger charge is 2.09. The van der Waals surface area contributed by atoms with Crippen molar-refractivity contribution in [3.05, 3.63) is 35.4 Å². The number of benzene rings is 1. The molecule has 0 radical (unpaired) electrons. The van der Waals surface area contributed by atoms with Crippen molar-refractivity contribution in [2.24, 2.45) is 0 Å². The smallest absolute Gasteiger partial charge is 0.0724 e. The summed E-state index contributed by atoms with van der Waals surface area (Å²) >= 11 is 0. The van der Waals surface area contributed by atoms with E-state index in [4.69, 9.17) is 11.2 Å². The van der Waals surface area contributed by atoms with E-state index < -0.39 is 0 Å². The zero-order valence-electron chi connectivity index (χ0n) is 9.00. The molecule has 0 N–H and O–H groups in total. The summed E-state index contributed by atoms with van der Waals surface area (Å²) in [5, 5.41) is 0. The lowest BCUT2D eigenvalue weighted by Gasteiger charge is -2.19. The van der Waals surface area contributed by atoms with Crippen molar-refractivity contribution in [1.82, 2.24) is 0 Å². The first kappa shape index (κ1) is 10.8. The van der Waals surface area contributed by atoms with Crippen molar-refractivity contribution in [2.75, 3.05) is 0 Å². The Kier molecular flexibility index (Phi) is 3.33. The van der Waals surface area contributed by atoms with E-state index in [0.717, 1.165) is 11.1 Å². The molecule has 1 heteroatoms. The van der Waals surface area contributed by atoms with Crippen LogP contribution in [0.2, 0.25) is 0 Å². The van der Waals surface area contributed by atoms with Crippen LogP contribution in [0, 0.1) is 12.3 Å². The zero-order valence-corrected chi connectivity index (χ0v) is 9.00. The van der Waals surface area contributed by atoms with Gasteiger partial charge in [0.25, 0.3) is 0 Å². The molecule has 1 aromatic carbocycles. The minimum Gasteiger partial charge on any atom is -0.371 e. The van der Waals surface area contributed by atoms with Crippen LogP contribution in [-0.2, 0) is 11.3 Å². The van der Waals surface area contributed by atoms with E-state index in [0.29, 0.717) is 6.61 Å². The summed E-state index contributed by atoms with van der Waals surface area (Å²) in [7, 11) is 0. The number of rotatable bonds is 2. The maximum atomic E-state index is 5.65. The largest absolute Gasteiger partial charge is 0.371 e. The fourth-order valence-corrected chi connectivity index (χ4v) is 1.05. The number of terminal acetylenes is 1. The highest BCUT2D eigenvalue weighted by Crippen LogP contribution is 2.12. The van der Waals surface area contributed by atoms with Crippen LogP contribution in [0.15, 0.2) is 24.3 Å². The summed E-state index contributed by atoms with van der Waals surface area (Å²) in [6.07, 6.45) is 5.31. The number of ether oxygens (including phenoxy) is 1. The van der Waals surface area contributed by atoms with E-state index >= 15 is 0 Å². The SMILES string of the molecule is C#Cc1cccc(COC(C)(C)C)c1. The fourth-order valence-electron chi connectivity index (χ4n) is 1.05. The Morgan fingerprint density at radius 3 is 2.64 bits per heavy atom. The molecule has 74 valence electrons. The first-order valence-electron chi connectivity index (χ1n) is 4.71. The Labute approximate surface area is 86.1 Å². The third kappa shape index (κ3) is 3.64. The van der Waals surface area contributed by atoms with Gasteiger partial charge in [0.15, 0.2) is 0 Å². The van der Waals surface area contributed by atoms with Gasteiger partial charge in [-0.15, -0.1) is 6.42 Å². The molecule has 1 rings (SSSR count). The third-order valence-corrected chi connectivity index (χ3v) is 1.77. The summed E-state index contributed by atoms with van der Waals surface area (Å²) < 4.78 is 5.65. The quantitative estimate of drug-likeness (QED) is 0.648. The lowest BCUT2D eigenvalue weighted by molar-refractivity contribution is -0.0149. The zero-order chi connectivity index (χ0) is 10.6. The Balaban J connectivity index is 2.65. The van der Waals surface area contributed by atoms with E-state index in [9.17, 15) is 0 Å². The van der Waals surface area contributed by atoms with E-state index in [1.54, 1.807) is 0 Å². The van der Waals surface area contributed by atoms with Crippen molar-refractivity contribution >= 4 is 0 Å². The van der Waals surface area contributed by atoms with Crippen molar-refractivity contribution < 1.29 is 4.74 Å². The van der Waals surface area contributed by atoms with Crippen LogP contribution >= 0.6 is 0 Å². The molecule has 0 unspecified atom stereocenters. The monoisotopic (exact) mass is 188 g/mol. The number of hydrogen-bond acceptors (Lipinski definition) is 1. The predicted molar refractivity (Wildman–Crippen MR) is 58.9 cm³/mol. The molecule has 0 atom stereocenters. The van der Waals surface area contributed by atoms with Gasteiger partial charge in [-0.1, -0.05) is 18.1 Å². The summed E-state index contributed by atoms with van der Waals surface area (Å²) in [4.78, 5) is 0. The van der Waals surface area contributed by atoms with Gasteiger partial charge in [-0.25, -0.2) is 0 Å². The van der Waals surface area contributed by atoms with Gasteiger partial charge < -0.3 is 4.74 Å². The van der Waals surface area contributed by atoms with E-state index in [-0.39, 0.29) is 5.60 Å². The van der Waals surface area contributed by atoms with Crippen LogP contribution in [-0.4, -0.2) is 5.60 Å². The molecule has 0 bridgehead atoms. The van der Waals surface area contributed by atoms with Crippen LogP contribution in [0.4, 0.5) is 0 Å². The maximum absolute atomic E-state index is 5.65. The highest BCUT2D eigenvalue weighted by atomic mass is 16.5. The lowest BCUT2D eigenvalue weighted by atomic mass is 10.1. The van der Waals surface area contributed by atoms with Gasteiger partial charge >= 0.3 is 0 Å². The van der Waals surface area contributed by atoms with Gasteiger partial charge in [0.1, 0.15) is 0 Å². The molecule has 0 amide bonds. The molecule has 0 fully saturated rings. The van der Waals surface area contributed by atoms with Gasteiger partial charge in [-0.05, 0) is 38.5 Å². The molecular weight excluding hydrogens is 172 g/mol. The molecule has 0 aliphatic carbocycles. The van der Waals surface area contributed by atoms with E-state index in [2.05, 4.69) is 5.92 Å². The molecule has 1 aromatic rings. The average molecular weight is 188 g/mol. The van der Waals surface area contributed by atoms with Crippen LogP contribution in [0.3, 0.4) is 0 Å². The topological polar surface area (TPSA) is 9.23 Å². The lowest BCUT2D eigenvalue weighted by Crippen LogP contribution is -2.18. The third-order valence-electron chi connectivity index (χ3n) is 1.77. The van der Waals surface area contributed by atoms with Gasteiger partial charge in [0.05, 0.1) is 12.2 Å². The van der Waals surface area contributed by atoms with Crippen LogP contribution in [0.1, 0.15) is 31.9 Å². The summed E-state index contributed by atoms with van der Waals surface area (Å²) in [5.41, 5.74) is 1.92. The van der Waals surface area contributed by atoms with E-state index in [1.165, 1.54) is 0 Å². The van der Waals surface area contributed by atoms with Gasteiger partial charge in [0.2, 0.25) is 0 Å². The Morgan fingerprint density at radius 2 is 2.07 bits per heavy atom. The first-order valence-corrected chi connectivity index (χ1v) is 4.71. The van der Waals surface area contributed by atoms with Gasteiger partial charge in [-0.2, -0.15) is 0 Å². The van der Waals surface area contributed by atoms with Gasteiger partial charge in [-0.3, -0.25) is 0 Å². The van der Waals surface area contributed by atoms with Crippen LogP contribution < -0.4 is 0 Å². The Morgan fingerprint density at radius 1 is 1.36 bits per heavy atom. The molecule has 0 aliphatic heterocycles. The van der Waals surface area contributed by atoms with Crippen molar-refractivity contribution in [2.45, 2.75) is 33.0 Å². The first-order chi connectivity index (χ1) is 6.51. The summed E-state index contributed by atoms with van der Waals surface area (Å²) in [6.45, 7) is 6.73. The highest BCUT2D eigenvalue weighted by molar-refractivity contribution is 5.34. The second-order valence-electron chi connectivity index (χ2n) is 4.25. The Bertz CT molecular complexity index is 339. The van der Waals surface area contributed by atoms with E-state index in [1.807, 2.05) is 45.0 Å². The second kappa shape index (κ2) is 4.30. The van der Waals surface area contributed by atoms with Crippen molar-refractivity contribution in [1.29, 1.82) is 0 Å². The van der Waals surface area contributed by atoms with Crippen molar-refractivity contribution in [3.8, 4) is 12.3 Å². The molecule has 0 aliphatic rings. The minimum absolute atomic E-state index is 0.105. The molecule has 1 nitrogen and oxygen atoms in total. The number of hydrogen-bond donors (Lipinski definition) is 0. The molecule has 0 aromatic heterocycles. The van der Waals surface area contributed by atoms with Crippen molar-refractivity contribution in [3.63, 3.8) is 0 Å². The minimum atomic E-state index is -0.105. The molecule has 0 saturated heterocycles. The Hall–Kier alpha value is -1.26. The molecule has 14 heavy (non-hydrogen) atoms. The molecular formula is C13H16O. The average Bonchev–Trinajstić information content (AvgIpc) is 2.14. The molecule has 0 heterocycles. The molecule has 0 saturated carbocycles. The standard InChI is InChI=1S/C13H16O/c1-5-11-7-6-8-12(9-11)10-14-13(2,3)4/h1,6-9H,10H2,2-4H3. The fraction of sp³-hybridized carbons (Fsp3) is 0.385. The summed E-state index contributed by atoms with van der Waals surface area (Å²) in [6, 6.07) is 7.87. The summed E-state index contributed by atoms with van der Waals surface area (Å²) in [5.74, 6) is 2.61. The predicted octanol–water partition coefficient (Wildman–Crippen LogP) is 2.98.